The molecule has 1 aromatic heterocycles. The van der Waals surface area contributed by atoms with E-state index in [0.717, 1.165) is 15.8 Å². The molecule has 1 heterocycles. The molecule has 138 valence electrons. The van der Waals surface area contributed by atoms with Crippen LogP contribution in [0.25, 0.3) is 10.2 Å². The highest BCUT2D eigenvalue weighted by Crippen LogP contribution is 2.30. The van der Waals surface area contributed by atoms with Crippen LogP contribution in [-0.4, -0.2) is 43.0 Å². The average molecular weight is 394 g/mol. The minimum atomic E-state index is -0.418. The smallest absolute Gasteiger partial charge is 0.260 e. The van der Waals surface area contributed by atoms with E-state index in [1.165, 1.54) is 23.5 Å². The molecular formula is C19H21ClFN3OS. The fourth-order valence-corrected chi connectivity index (χ4v) is 3.58. The third-order valence-electron chi connectivity index (χ3n) is 3.85. The van der Waals surface area contributed by atoms with Crippen molar-refractivity contribution in [3.8, 4) is 0 Å². The van der Waals surface area contributed by atoms with Crippen LogP contribution in [0.2, 0.25) is 0 Å². The monoisotopic (exact) mass is 393 g/mol. The van der Waals surface area contributed by atoms with Crippen LogP contribution in [0.1, 0.15) is 15.9 Å². The number of carbonyl (C=O) groups excluding carboxylic acids is 1. The summed E-state index contributed by atoms with van der Waals surface area (Å²) in [5, 5.41) is 0.636. The summed E-state index contributed by atoms with van der Waals surface area (Å²) in [5.41, 5.74) is 2.35. The molecule has 26 heavy (non-hydrogen) atoms. The predicted octanol–water partition coefficient (Wildman–Crippen LogP) is 4.37. The van der Waals surface area contributed by atoms with Crippen LogP contribution in [0.15, 0.2) is 42.5 Å². The van der Waals surface area contributed by atoms with Crippen LogP contribution in [-0.2, 0) is 0 Å². The first-order valence-electron chi connectivity index (χ1n) is 8.03. The second kappa shape index (κ2) is 8.58. The molecule has 2 aromatic carbocycles. The summed E-state index contributed by atoms with van der Waals surface area (Å²) >= 11 is 1.48. The number of anilines is 1. The SMILES string of the molecule is Cc1ccc2nc(N(CCN(C)C)C(=O)c3cccc(F)c3)sc2c1.Cl. The number of hydrogen-bond donors (Lipinski definition) is 0. The van der Waals surface area contributed by atoms with E-state index >= 15 is 0 Å². The Morgan fingerprint density at radius 1 is 1.15 bits per heavy atom. The maximum atomic E-state index is 13.5. The maximum Gasteiger partial charge on any atom is 0.260 e. The van der Waals surface area contributed by atoms with Gasteiger partial charge in [0, 0.05) is 18.7 Å². The Labute approximate surface area is 162 Å². The lowest BCUT2D eigenvalue weighted by molar-refractivity contribution is 0.0985. The van der Waals surface area contributed by atoms with Gasteiger partial charge < -0.3 is 4.90 Å². The summed E-state index contributed by atoms with van der Waals surface area (Å²) in [7, 11) is 3.90. The number of thiazole rings is 1. The normalized spacial score (nSPS) is 10.8. The van der Waals surface area contributed by atoms with Gasteiger partial charge in [-0.3, -0.25) is 9.69 Å². The molecule has 7 heteroatoms. The van der Waals surface area contributed by atoms with Crippen LogP contribution >= 0.6 is 23.7 Å². The number of fused-ring (bicyclic) bond motifs is 1. The third kappa shape index (κ3) is 4.58. The first-order chi connectivity index (χ1) is 11.9. The zero-order valence-corrected chi connectivity index (χ0v) is 16.5. The van der Waals surface area contributed by atoms with Gasteiger partial charge in [0.05, 0.1) is 10.2 Å². The van der Waals surface area contributed by atoms with E-state index in [-0.39, 0.29) is 18.3 Å². The molecule has 0 saturated heterocycles. The maximum absolute atomic E-state index is 13.5. The molecule has 0 unspecified atom stereocenters. The Morgan fingerprint density at radius 3 is 2.62 bits per heavy atom. The van der Waals surface area contributed by atoms with E-state index in [1.807, 2.05) is 38.1 Å². The first kappa shape index (κ1) is 20.3. The van der Waals surface area contributed by atoms with Crippen molar-refractivity contribution < 1.29 is 9.18 Å². The van der Waals surface area contributed by atoms with Crippen LogP contribution in [0, 0.1) is 12.7 Å². The Morgan fingerprint density at radius 2 is 1.92 bits per heavy atom. The third-order valence-corrected chi connectivity index (χ3v) is 4.89. The van der Waals surface area contributed by atoms with E-state index in [1.54, 1.807) is 17.0 Å². The summed E-state index contributed by atoms with van der Waals surface area (Å²) in [4.78, 5) is 21.2. The minimum absolute atomic E-state index is 0. The quantitative estimate of drug-likeness (QED) is 0.645. The highest BCUT2D eigenvalue weighted by molar-refractivity contribution is 7.22. The molecule has 0 aliphatic carbocycles. The lowest BCUT2D eigenvalue weighted by atomic mass is 10.2. The van der Waals surface area contributed by atoms with Crippen molar-refractivity contribution in [3.63, 3.8) is 0 Å². The van der Waals surface area contributed by atoms with Gasteiger partial charge in [0.15, 0.2) is 5.13 Å². The Hall–Kier alpha value is -2.02. The number of rotatable bonds is 5. The standard InChI is InChI=1S/C19H20FN3OS.ClH/c1-13-7-8-16-17(11-13)25-19(21-16)23(10-9-22(2)3)18(24)14-5-4-6-15(20)12-14;/h4-8,11-12H,9-10H2,1-3H3;1H. The molecule has 0 spiro atoms. The molecule has 1 amide bonds. The van der Waals surface area contributed by atoms with Crippen molar-refractivity contribution in [2.24, 2.45) is 0 Å². The summed E-state index contributed by atoms with van der Waals surface area (Å²) in [6.07, 6.45) is 0. The Kier molecular flexibility index (Phi) is 6.69. The van der Waals surface area contributed by atoms with E-state index in [9.17, 15) is 9.18 Å². The fraction of sp³-hybridized carbons (Fsp3) is 0.263. The molecule has 0 N–H and O–H groups in total. The van der Waals surface area contributed by atoms with Crippen LogP contribution in [0.5, 0.6) is 0 Å². The molecule has 0 radical (unpaired) electrons. The van der Waals surface area contributed by atoms with Gasteiger partial charge in [-0.25, -0.2) is 9.37 Å². The van der Waals surface area contributed by atoms with Gasteiger partial charge in [-0.05, 0) is 56.9 Å². The van der Waals surface area contributed by atoms with Gasteiger partial charge in [-0.15, -0.1) is 12.4 Å². The number of amides is 1. The van der Waals surface area contributed by atoms with Gasteiger partial charge in [-0.2, -0.15) is 0 Å². The molecule has 0 bridgehead atoms. The van der Waals surface area contributed by atoms with Crippen molar-refractivity contribution in [3.05, 3.63) is 59.4 Å². The van der Waals surface area contributed by atoms with Gasteiger partial charge in [0.25, 0.3) is 5.91 Å². The molecule has 3 rings (SSSR count). The van der Waals surface area contributed by atoms with Crippen molar-refractivity contribution in [1.29, 1.82) is 0 Å². The van der Waals surface area contributed by atoms with Crippen LogP contribution in [0.3, 0.4) is 0 Å². The fourth-order valence-electron chi connectivity index (χ4n) is 2.50. The van der Waals surface area contributed by atoms with E-state index < -0.39 is 5.82 Å². The average Bonchev–Trinajstić information content (AvgIpc) is 2.97. The van der Waals surface area contributed by atoms with Gasteiger partial charge >= 0.3 is 0 Å². The Balaban J connectivity index is 0.00000243. The topological polar surface area (TPSA) is 36.4 Å². The predicted molar refractivity (Wildman–Crippen MR) is 108 cm³/mol. The van der Waals surface area contributed by atoms with Crippen molar-refractivity contribution in [2.75, 3.05) is 32.1 Å². The van der Waals surface area contributed by atoms with Crippen molar-refractivity contribution in [1.82, 2.24) is 9.88 Å². The number of aryl methyl sites for hydroxylation is 1. The van der Waals surface area contributed by atoms with Gasteiger partial charge in [-0.1, -0.05) is 23.5 Å². The van der Waals surface area contributed by atoms with E-state index in [2.05, 4.69) is 11.1 Å². The number of nitrogens with zero attached hydrogens (tertiary/aromatic N) is 3. The molecule has 0 aliphatic heterocycles. The zero-order chi connectivity index (χ0) is 18.0. The molecule has 4 nitrogen and oxygen atoms in total. The van der Waals surface area contributed by atoms with Crippen LogP contribution in [0.4, 0.5) is 9.52 Å². The van der Waals surface area contributed by atoms with E-state index in [0.29, 0.717) is 23.8 Å². The lowest BCUT2D eigenvalue weighted by Crippen LogP contribution is -2.36. The van der Waals surface area contributed by atoms with Crippen molar-refractivity contribution >= 4 is 45.0 Å². The summed E-state index contributed by atoms with van der Waals surface area (Å²) < 4.78 is 14.6. The van der Waals surface area contributed by atoms with E-state index in [4.69, 9.17) is 0 Å². The number of likely N-dealkylation sites (N-methyl/N-ethyl adjacent to an activating group) is 1. The molecule has 3 aromatic rings. The molecule has 0 saturated carbocycles. The first-order valence-corrected chi connectivity index (χ1v) is 8.85. The molecule has 0 atom stereocenters. The number of halogens is 2. The molecular weight excluding hydrogens is 373 g/mol. The van der Waals surface area contributed by atoms with Crippen molar-refractivity contribution in [2.45, 2.75) is 6.92 Å². The summed E-state index contributed by atoms with van der Waals surface area (Å²) in [6, 6.07) is 11.8. The van der Waals surface area contributed by atoms with Gasteiger partial charge in [0.1, 0.15) is 5.82 Å². The summed E-state index contributed by atoms with van der Waals surface area (Å²) in [5.74, 6) is -0.657. The number of aromatic nitrogens is 1. The lowest BCUT2D eigenvalue weighted by Gasteiger charge is -2.22. The second-order valence-electron chi connectivity index (χ2n) is 6.24. The number of hydrogen-bond acceptors (Lipinski definition) is 4. The van der Waals surface area contributed by atoms with Crippen LogP contribution < -0.4 is 4.90 Å². The number of benzene rings is 2. The highest BCUT2D eigenvalue weighted by Gasteiger charge is 2.21. The summed E-state index contributed by atoms with van der Waals surface area (Å²) in [6.45, 7) is 3.21. The largest absolute Gasteiger partial charge is 0.308 e. The minimum Gasteiger partial charge on any atom is -0.308 e. The molecule has 0 fully saturated rings. The zero-order valence-electron chi connectivity index (χ0n) is 14.9. The van der Waals surface area contributed by atoms with Gasteiger partial charge in [0.2, 0.25) is 0 Å². The highest BCUT2D eigenvalue weighted by atomic mass is 35.5. The Bertz CT molecular complexity index is 913. The number of carbonyl (C=O) groups is 1. The second-order valence-corrected chi connectivity index (χ2v) is 7.25. The molecule has 0 aliphatic rings.